The van der Waals surface area contributed by atoms with E-state index in [0.717, 1.165) is 17.0 Å². The highest BCUT2D eigenvalue weighted by Crippen LogP contribution is 2.27. The number of anilines is 1. The highest BCUT2D eigenvalue weighted by atomic mass is 35.5. The fourth-order valence-corrected chi connectivity index (χ4v) is 3.32. The average Bonchev–Trinajstić information content (AvgIpc) is 2.62. The SMILES string of the molecule is O=C(Nc1ccccc1CSc1ccccc1)c1cccnc1Cl. The summed E-state index contributed by atoms with van der Waals surface area (Å²) in [6.07, 6.45) is 1.56. The van der Waals surface area contributed by atoms with Crippen LogP contribution in [0.5, 0.6) is 0 Å². The van der Waals surface area contributed by atoms with E-state index in [9.17, 15) is 4.79 Å². The van der Waals surface area contributed by atoms with Crippen LogP contribution in [0.3, 0.4) is 0 Å². The number of para-hydroxylation sites is 1. The van der Waals surface area contributed by atoms with Crippen molar-refractivity contribution in [3.63, 3.8) is 0 Å². The van der Waals surface area contributed by atoms with Crippen LogP contribution in [0, 0.1) is 0 Å². The van der Waals surface area contributed by atoms with Crippen molar-refractivity contribution in [3.8, 4) is 0 Å². The van der Waals surface area contributed by atoms with Gasteiger partial charge < -0.3 is 5.32 Å². The molecule has 0 unspecified atom stereocenters. The van der Waals surface area contributed by atoms with Gasteiger partial charge in [0.1, 0.15) is 5.15 Å². The van der Waals surface area contributed by atoms with Gasteiger partial charge in [0, 0.05) is 22.5 Å². The summed E-state index contributed by atoms with van der Waals surface area (Å²) in [6, 6.07) is 21.3. The molecule has 1 heterocycles. The Bertz CT molecular complexity index is 840. The predicted molar refractivity (Wildman–Crippen MR) is 99.6 cm³/mol. The Labute approximate surface area is 150 Å². The van der Waals surface area contributed by atoms with Gasteiger partial charge in [-0.05, 0) is 35.9 Å². The number of pyridine rings is 1. The van der Waals surface area contributed by atoms with Crippen molar-refractivity contribution in [1.29, 1.82) is 0 Å². The van der Waals surface area contributed by atoms with Crippen LogP contribution in [0.4, 0.5) is 5.69 Å². The van der Waals surface area contributed by atoms with Crippen LogP contribution in [0.2, 0.25) is 5.15 Å². The van der Waals surface area contributed by atoms with Crippen LogP contribution in [0.25, 0.3) is 0 Å². The topological polar surface area (TPSA) is 42.0 Å². The Kier molecular flexibility index (Phi) is 5.51. The zero-order valence-electron chi connectivity index (χ0n) is 12.8. The molecule has 3 rings (SSSR count). The summed E-state index contributed by atoms with van der Waals surface area (Å²) in [7, 11) is 0. The molecule has 0 fully saturated rings. The zero-order valence-corrected chi connectivity index (χ0v) is 14.3. The average molecular weight is 355 g/mol. The van der Waals surface area contributed by atoms with E-state index in [4.69, 9.17) is 11.6 Å². The van der Waals surface area contributed by atoms with Gasteiger partial charge in [-0.15, -0.1) is 11.8 Å². The number of nitrogens with zero attached hydrogens (tertiary/aromatic N) is 1. The molecule has 2 aromatic carbocycles. The van der Waals surface area contributed by atoms with Crippen LogP contribution < -0.4 is 5.32 Å². The number of hydrogen-bond donors (Lipinski definition) is 1. The summed E-state index contributed by atoms with van der Waals surface area (Å²) in [5, 5.41) is 3.13. The first-order valence-electron chi connectivity index (χ1n) is 7.41. The van der Waals surface area contributed by atoms with Crippen LogP contribution in [-0.2, 0) is 5.75 Å². The van der Waals surface area contributed by atoms with E-state index in [-0.39, 0.29) is 11.1 Å². The predicted octanol–water partition coefficient (Wildman–Crippen LogP) is 5.28. The first-order valence-corrected chi connectivity index (χ1v) is 8.78. The lowest BCUT2D eigenvalue weighted by molar-refractivity contribution is 0.102. The van der Waals surface area contributed by atoms with Crippen LogP contribution in [0.1, 0.15) is 15.9 Å². The number of halogens is 1. The number of carbonyl (C=O) groups excluding carboxylic acids is 1. The molecule has 120 valence electrons. The molecular weight excluding hydrogens is 340 g/mol. The lowest BCUT2D eigenvalue weighted by Crippen LogP contribution is -2.14. The molecule has 0 atom stereocenters. The molecule has 0 aliphatic carbocycles. The number of amides is 1. The minimum absolute atomic E-state index is 0.200. The number of rotatable bonds is 5. The van der Waals surface area contributed by atoms with Crippen molar-refractivity contribution in [2.24, 2.45) is 0 Å². The number of nitrogens with one attached hydrogen (secondary N) is 1. The fourth-order valence-electron chi connectivity index (χ4n) is 2.19. The van der Waals surface area contributed by atoms with E-state index in [2.05, 4.69) is 22.4 Å². The maximum Gasteiger partial charge on any atom is 0.258 e. The second kappa shape index (κ2) is 7.99. The van der Waals surface area contributed by atoms with E-state index in [0.29, 0.717) is 5.56 Å². The number of thioether (sulfide) groups is 1. The van der Waals surface area contributed by atoms with Crippen molar-refractivity contribution in [1.82, 2.24) is 4.98 Å². The van der Waals surface area contributed by atoms with Crippen molar-refractivity contribution < 1.29 is 4.79 Å². The third-order valence-corrected chi connectivity index (χ3v) is 4.77. The van der Waals surface area contributed by atoms with Gasteiger partial charge in [0.15, 0.2) is 0 Å². The molecule has 0 radical (unpaired) electrons. The second-order valence-electron chi connectivity index (χ2n) is 5.05. The summed E-state index contributed by atoms with van der Waals surface area (Å²) >= 11 is 7.71. The van der Waals surface area contributed by atoms with Gasteiger partial charge in [-0.25, -0.2) is 4.98 Å². The first kappa shape index (κ1) is 16.6. The lowest BCUT2D eigenvalue weighted by atomic mass is 10.2. The summed E-state index contributed by atoms with van der Waals surface area (Å²) in [5.41, 5.74) is 2.20. The number of aromatic nitrogens is 1. The van der Waals surface area contributed by atoms with Crippen molar-refractivity contribution in [3.05, 3.63) is 89.2 Å². The maximum atomic E-state index is 12.4. The largest absolute Gasteiger partial charge is 0.322 e. The Balaban J connectivity index is 1.74. The summed E-state index contributed by atoms with van der Waals surface area (Å²) in [4.78, 5) is 17.5. The van der Waals surface area contributed by atoms with E-state index in [1.807, 2.05) is 42.5 Å². The molecular formula is C19H15ClN2OS. The highest BCUT2D eigenvalue weighted by Gasteiger charge is 2.12. The van der Waals surface area contributed by atoms with Crippen LogP contribution in [-0.4, -0.2) is 10.9 Å². The quantitative estimate of drug-likeness (QED) is 0.500. The summed E-state index contributed by atoms with van der Waals surface area (Å²) < 4.78 is 0. The Hall–Kier alpha value is -2.30. The molecule has 5 heteroatoms. The minimum atomic E-state index is -0.259. The van der Waals surface area contributed by atoms with E-state index in [1.54, 1.807) is 30.1 Å². The molecule has 1 amide bonds. The number of benzene rings is 2. The smallest absolute Gasteiger partial charge is 0.258 e. The molecule has 1 aromatic heterocycles. The van der Waals surface area contributed by atoms with Crippen molar-refractivity contribution >= 4 is 35.0 Å². The van der Waals surface area contributed by atoms with Crippen molar-refractivity contribution in [2.45, 2.75) is 10.6 Å². The number of hydrogen-bond acceptors (Lipinski definition) is 3. The van der Waals surface area contributed by atoms with Gasteiger partial charge in [-0.1, -0.05) is 48.0 Å². The van der Waals surface area contributed by atoms with Gasteiger partial charge >= 0.3 is 0 Å². The third kappa shape index (κ3) is 4.16. The van der Waals surface area contributed by atoms with Crippen LogP contribution >= 0.6 is 23.4 Å². The van der Waals surface area contributed by atoms with E-state index < -0.39 is 0 Å². The number of carbonyl (C=O) groups is 1. The first-order chi connectivity index (χ1) is 11.7. The molecule has 3 aromatic rings. The molecule has 0 spiro atoms. The molecule has 0 aliphatic rings. The third-order valence-electron chi connectivity index (χ3n) is 3.41. The molecule has 0 saturated carbocycles. The summed E-state index contributed by atoms with van der Waals surface area (Å²) in [6.45, 7) is 0. The lowest BCUT2D eigenvalue weighted by Gasteiger charge is -2.11. The fraction of sp³-hybridized carbons (Fsp3) is 0.0526. The van der Waals surface area contributed by atoms with Gasteiger partial charge in [0.05, 0.1) is 5.56 Å². The molecule has 3 nitrogen and oxygen atoms in total. The Morgan fingerprint density at radius 3 is 2.54 bits per heavy atom. The van der Waals surface area contributed by atoms with E-state index in [1.165, 1.54) is 4.90 Å². The molecule has 1 N–H and O–H groups in total. The minimum Gasteiger partial charge on any atom is -0.322 e. The van der Waals surface area contributed by atoms with Gasteiger partial charge in [-0.2, -0.15) is 0 Å². The zero-order chi connectivity index (χ0) is 16.8. The normalized spacial score (nSPS) is 10.4. The Morgan fingerprint density at radius 1 is 1.00 bits per heavy atom. The molecule has 24 heavy (non-hydrogen) atoms. The summed E-state index contributed by atoms with van der Waals surface area (Å²) in [5.74, 6) is 0.506. The van der Waals surface area contributed by atoms with Gasteiger partial charge in [0.25, 0.3) is 5.91 Å². The molecule has 0 aliphatic heterocycles. The highest BCUT2D eigenvalue weighted by molar-refractivity contribution is 7.98. The van der Waals surface area contributed by atoms with E-state index >= 15 is 0 Å². The molecule has 0 saturated heterocycles. The Morgan fingerprint density at radius 2 is 1.75 bits per heavy atom. The van der Waals surface area contributed by atoms with Gasteiger partial charge in [0.2, 0.25) is 0 Å². The standard InChI is InChI=1S/C19H15ClN2OS/c20-18-16(10-6-12-21-18)19(23)22-17-11-5-4-7-14(17)13-24-15-8-2-1-3-9-15/h1-12H,13H2,(H,22,23). The van der Waals surface area contributed by atoms with Gasteiger partial charge in [-0.3, -0.25) is 4.79 Å². The molecule has 0 bridgehead atoms. The second-order valence-corrected chi connectivity index (χ2v) is 6.46. The van der Waals surface area contributed by atoms with Crippen LogP contribution in [0.15, 0.2) is 77.8 Å². The monoisotopic (exact) mass is 354 g/mol. The maximum absolute atomic E-state index is 12.4. The van der Waals surface area contributed by atoms with Crippen molar-refractivity contribution in [2.75, 3.05) is 5.32 Å².